The van der Waals surface area contributed by atoms with E-state index in [4.69, 9.17) is 11.6 Å². The van der Waals surface area contributed by atoms with Crippen LogP contribution in [0.2, 0.25) is 5.02 Å². The molecule has 1 aliphatic carbocycles. The second-order valence-corrected chi connectivity index (χ2v) is 12.2. The Labute approximate surface area is 212 Å². The first-order valence-electron chi connectivity index (χ1n) is 11.5. The summed E-state index contributed by atoms with van der Waals surface area (Å²) in [4.78, 5) is 15.0. The minimum Gasteiger partial charge on any atom is -0.493 e. The molecule has 5 rings (SSSR count). The zero-order valence-corrected chi connectivity index (χ0v) is 21.9. The lowest BCUT2D eigenvalue weighted by Crippen LogP contribution is -2.35. The molecule has 2 aliphatic rings. The molecule has 2 atom stereocenters. The number of carbonyl (C=O) groups is 1. The van der Waals surface area contributed by atoms with Crippen molar-refractivity contribution in [3.63, 3.8) is 0 Å². The summed E-state index contributed by atoms with van der Waals surface area (Å²) in [7, 11) is 0. The van der Waals surface area contributed by atoms with Crippen LogP contribution in [-0.4, -0.2) is 33.1 Å². The molecule has 178 valence electrons. The summed E-state index contributed by atoms with van der Waals surface area (Å²) in [5.74, 6) is -0.470. The Bertz CT molecular complexity index is 1300. The van der Waals surface area contributed by atoms with Crippen molar-refractivity contribution >= 4 is 50.0 Å². The summed E-state index contributed by atoms with van der Waals surface area (Å²) in [6.07, 6.45) is 3.55. The Hall–Kier alpha value is -2.22. The van der Waals surface area contributed by atoms with E-state index in [1.54, 1.807) is 24.3 Å². The van der Waals surface area contributed by atoms with Crippen LogP contribution in [0, 0.1) is 10.8 Å². The number of carbonyl (C=O) groups excluding carboxylic acids is 1. The van der Waals surface area contributed by atoms with Crippen LogP contribution in [0.4, 0.5) is 5.69 Å². The fourth-order valence-electron chi connectivity index (χ4n) is 6.21. The number of azo groups is 1. The van der Waals surface area contributed by atoms with Crippen LogP contribution in [0.5, 0.6) is 5.88 Å². The second kappa shape index (κ2) is 8.47. The lowest BCUT2D eigenvalue weighted by Gasteiger charge is -2.40. The molecule has 8 heteroatoms. The van der Waals surface area contributed by atoms with Gasteiger partial charge in [0.15, 0.2) is 5.69 Å². The Kier molecular flexibility index (Phi) is 5.86. The molecule has 0 spiro atoms. The highest BCUT2D eigenvalue weighted by atomic mass is 79.9. The number of nitrogens with zero attached hydrogens (tertiary/aromatic N) is 4. The number of amides is 1. The third-order valence-electron chi connectivity index (χ3n) is 7.15. The van der Waals surface area contributed by atoms with Crippen LogP contribution in [0.1, 0.15) is 50.4 Å². The molecule has 1 saturated heterocycles. The fraction of sp³-hybridized carbons (Fsp3) is 0.423. The summed E-state index contributed by atoms with van der Waals surface area (Å²) < 4.78 is 2.75. The number of benzene rings is 2. The average Bonchev–Trinajstić information content (AvgIpc) is 3.15. The zero-order valence-electron chi connectivity index (χ0n) is 19.6. The number of rotatable bonds is 4. The maximum Gasteiger partial charge on any atom is 0.295 e. The summed E-state index contributed by atoms with van der Waals surface area (Å²) in [6, 6.07) is 12.8. The predicted molar refractivity (Wildman–Crippen MR) is 138 cm³/mol. The van der Waals surface area contributed by atoms with Crippen LogP contribution in [0.3, 0.4) is 0 Å². The van der Waals surface area contributed by atoms with Gasteiger partial charge in [0.05, 0.1) is 12.2 Å². The van der Waals surface area contributed by atoms with Gasteiger partial charge < -0.3 is 5.11 Å². The first kappa shape index (κ1) is 23.5. The van der Waals surface area contributed by atoms with Gasteiger partial charge in [-0.3, -0.25) is 14.3 Å². The molecule has 2 heterocycles. The van der Waals surface area contributed by atoms with E-state index in [0.717, 1.165) is 28.3 Å². The van der Waals surface area contributed by atoms with E-state index < -0.39 is 5.91 Å². The lowest BCUT2D eigenvalue weighted by molar-refractivity contribution is 0.0995. The molecular weight excluding hydrogens is 516 g/mol. The summed E-state index contributed by atoms with van der Waals surface area (Å²) >= 11 is 9.43. The number of hydrogen-bond acceptors (Lipinski definition) is 4. The van der Waals surface area contributed by atoms with Gasteiger partial charge in [0, 0.05) is 33.0 Å². The maximum absolute atomic E-state index is 12.5. The largest absolute Gasteiger partial charge is 0.493 e. The molecular formula is C26H28BrClN4O2. The molecule has 6 nitrogen and oxygen atoms in total. The highest BCUT2D eigenvalue weighted by Crippen LogP contribution is 2.53. The highest BCUT2D eigenvalue weighted by molar-refractivity contribution is 9.10. The third kappa shape index (κ3) is 4.41. The minimum atomic E-state index is -0.490. The molecule has 2 aromatic carbocycles. The van der Waals surface area contributed by atoms with Crippen molar-refractivity contribution < 1.29 is 9.90 Å². The van der Waals surface area contributed by atoms with Gasteiger partial charge >= 0.3 is 0 Å². The number of aromatic hydroxyl groups is 1. The number of hydrogen-bond donors (Lipinski definition) is 1. The topological polar surface area (TPSA) is 70.2 Å². The zero-order chi connectivity index (χ0) is 24.3. The normalized spacial score (nSPS) is 24.3. The molecule has 2 fully saturated rings. The van der Waals surface area contributed by atoms with Gasteiger partial charge in [-0.05, 0) is 72.6 Å². The molecule has 0 radical (unpaired) electrons. The predicted octanol–water partition coefficient (Wildman–Crippen LogP) is 7.55. The minimum absolute atomic E-state index is 0.0200. The van der Waals surface area contributed by atoms with Gasteiger partial charge in [-0.1, -0.05) is 48.3 Å². The van der Waals surface area contributed by atoms with E-state index in [2.05, 4.69) is 51.8 Å². The van der Waals surface area contributed by atoms with E-state index >= 15 is 0 Å². The van der Waals surface area contributed by atoms with Crippen LogP contribution in [0.15, 0.2) is 57.2 Å². The lowest BCUT2D eigenvalue weighted by atomic mass is 9.65. The van der Waals surface area contributed by atoms with Crippen molar-refractivity contribution in [2.45, 2.75) is 52.7 Å². The fourth-order valence-corrected chi connectivity index (χ4v) is 6.69. The standard InChI is InChI=1S/C26H28BrClN4O2/c1-25(2)11-19-12-26(3,13-25)14-31(19)15-32-21-9-6-17(27)10-20(21)22(24(32)34)29-30-23(33)16-4-7-18(28)8-5-16/h4-10,19,34H,11-15H2,1-3H3. The van der Waals surface area contributed by atoms with E-state index in [1.165, 1.54) is 12.8 Å². The molecule has 1 amide bonds. The molecule has 2 bridgehead atoms. The van der Waals surface area contributed by atoms with Crippen LogP contribution < -0.4 is 0 Å². The van der Waals surface area contributed by atoms with E-state index in [1.807, 2.05) is 22.8 Å². The van der Waals surface area contributed by atoms with Crippen molar-refractivity contribution in [1.29, 1.82) is 0 Å². The quantitative estimate of drug-likeness (QED) is 0.345. The Balaban J connectivity index is 1.49. The molecule has 1 aromatic heterocycles. The SMILES string of the molecule is CC1(C)CC2CC(C)(CN2Cn2c(O)c(N=NC(=O)c3ccc(Cl)cc3)c3cc(Br)ccc32)C1. The number of aromatic nitrogens is 1. The van der Waals surface area contributed by atoms with Crippen molar-refractivity contribution in [1.82, 2.24) is 9.47 Å². The van der Waals surface area contributed by atoms with E-state index in [0.29, 0.717) is 39.8 Å². The van der Waals surface area contributed by atoms with Gasteiger partial charge in [-0.25, -0.2) is 0 Å². The van der Waals surface area contributed by atoms with Crippen molar-refractivity contribution in [2.24, 2.45) is 21.1 Å². The van der Waals surface area contributed by atoms with Gasteiger partial charge in [0.25, 0.3) is 5.91 Å². The van der Waals surface area contributed by atoms with Crippen LogP contribution in [0.25, 0.3) is 10.9 Å². The molecule has 3 aromatic rings. The first-order chi connectivity index (χ1) is 16.0. The maximum atomic E-state index is 12.5. The number of halogens is 2. The summed E-state index contributed by atoms with van der Waals surface area (Å²) in [5, 5.41) is 20.6. The Morgan fingerprint density at radius 3 is 2.65 bits per heavy atom. The van der Waals surface area contributed by atoms with Gasteiger partial charge in [0.1, 0.15) is 0 Å². The van der Waals surface area contributed by atoms with Gasteiger partial charge in [0.2, 0.25) is 5.88 Å². The first-order valence-corrected chi connectivity index (χ1v) is 12.7. The van der Waals surface area contributed by atoms with Gasteiger partial charge in [-0.15, -0.1) is 10.2 Å². The van der Waals surface area contributed by atoms with E-state index in [9.17, 15) is 9.90 Å². The molecule has 1 N–H and O–H groups in total. The number of likely N-dealkylation sites (tertiary alicyclic amines) is 1. The molecule has 34 heavy (non-hydrogen) atoms. The second-order valence-electron chi connectivity index (χ2n) is 10.9. The molecule has 1 aliphatic heterocycles. The smallest absolute Gasteiger partial charge is 0.295 e. The molecule has 1 saturated carbocycles. The Morgan fingerprint density at radius 1 is 1.18 bits per heavy atom. The third-order valence-corrected chi connectivity index (χ3v) is 7.90. The van der Waals surface area contributed by atoms with Gasteiger partial charge in [-0.2, -0.15) is 0 Å². The number of fused-ring (bicyclic) bond motifs is 3. The van der Waals surface area contributed by atoms with Crippen molar-refractivity contribution in [3.8, 4) is 5.88 Å². The van der Waals surface area contributed by atoms with Crippen molar-refractivity contribution in [3.05, 3.63) is 57.5 Å². The average molecular weight is 544 g/mol. The summed E-state index contributed by atoms with van der Waals surface area (Å²) in [6.45, 7) is 8.67. The molecule has 2 unspecified atom stereocenters. The van der Waals surface area contributed by atoms with E-state index in [-0.39, 0.29) is 5.88 Å². The van der Waals surface area contributed by atoms with Crippen molar-refractivity contribution in [2.75, 3.05) is 6.54 Å². The Morgan fingerprint density at radius 2 is 1.91 bits per heavy atom. The monoisotopic (exact) mass is 542 g/mol. The summed E-state index contributed by atoms with van der Waals surface area (Å²) in [5.41, 5.74) is 2.16. The van der Waals surface area contributed by atoms with Crippen LogP contribution >= 0.6 is 27.5 Å². The highest BCUT2D eigenvalue weighted by Gasteiger charge is 2.49. The van der Waals surface area contributed by atoms with Crippen LogP contribution in [-0.2, 0) is 6.67 Å².